The minimum Gasteiger partial charge on any atom is -0.381 e. The van der Waals surface area contributed by atoms with Crippen molar-refractivity contribution in [1.29, 1.82) is 0 Å². The standard InChI is InChI=1S/C23H25ClN4O2/c1-14(29)27-12-23(13-27)8-17(9-23)26-16-7-18(11-25-10-16)28-21(30)19-5-4-15(24)6-20(19)22(28,2)3/h4-7,10-11,17,26H,8-9,12-13H2,1-3H3. The number of pyridine rings is 1. The Bertz CT molecular complexity index is 1050. The van der Waals surface area contributed by atoms with Crippen molar-refractivity contribution >= 4 is 34.8 Å². The first-order valence-corrected chi connectivity index (χ1v) is 10.7. The molecule has 1 saturated carbocycles. The van der Waals surface area contributed by atoms with E-state index >= 15 is 0 Å². The van der Waals surface area contributed by atoms with E-state index in [0.29, 0.717) is 22.0 Å². The highest BCUT2D eigenvalue weighted by Crippen LogP contribution is 2.49. The van der Waals surface area contributed by atoms with Crippen LogP contribution >= 0.6 is 11.6 Å². The van der Waals surface area contributed by atoms with Gasteiger partial charge in [-0.15, -0.1) is 0 Å². The summed E-state index contributed by atoms with van der Waals surface area (Å²) >= 11 is 6.19. The summed E-state index contributed by atoms with van der Waals surface area (Å²) in [5, 5.41) is 4.19. The summed E-state index contributed by atoms with van der Waals surface area (Å²) in [4.78, 5) is 32.7. The lowest BCUT2D eigenvalue weighted by Crippen LogP contribution is -2.65. The summed E-state index contributed by atoms with van der Waals surface area (Å²) in [5.41, 5.74) is 3.07. The Hall–Kier alpha value is -2.60. The molecule has 5 rings (SSSR count). The molecule has 0 radical (unpaired) electrons. The molecule has 1 aromatic heterocycles. The van der Waals surface area contributed by atoms with Gasteiger partial charge in [0.1, 0.15) is 0 Å². The smallest absolute Gasteiger partial charge is 0.259 e. The second-order valence-corrected chi connectivity index (χ2v) is 9.88. The van der Waals surface area contributed by atoms with E-state index < -0.39 is 5.54 Å². The van der Waals surface area contributed by atoms with Gasteiger partial charge in [0.05, 0.1) is 29.3 Å². The quantitative estimate of drug-likeness (QED) is 0.807. The third kappa shape index (κ3) is 2.88. The van der Waals surface area contributed by atoms with Crippen molar-refractivity contribution in [3.05, 3.63) is 52.8 Å². The van der Waals surface area contributed by atoms with Crippen LogP contribution in [0.1, 0.15) is 49.5 Å². The van der Waals surface area contributed by atoms with E-state index in [2.05, 4.69) is 10.3 Å². The molecule has 0 atom stereocenters. The fourth-order valence-corrected chi connectivity index (χ4v) is 5.51. The van der Waals surface area contributed by atoms with Crippen LogP contribution in [-0.2, 0) is 10.3 Å². The van der Waals surface area contributed by atoms with Crippen LogP contribution in [-0.4, -0.2) is 40.8 Å². The maximum Gasteiger partial charge on any atom is 0.259 e. The summed E-state index contributed by atoms with van der Waals surface area (Å²) in [6.07, 6.45) is 5.64. The maximum atomic E-state index is 13.1. The van der Waals surface area contributed by atoms with Crippen molar-refractivity contribution < 1.29 is 9.59 Å². The van der Waals surface area contributed by atoms with Crippen LogP contribution in [0.2, 0.25) is 5.02 Å². The Morgan fingerprint density at radius 1 is 1.20 bits per heavy atom. The molecule has 7 heteroatoms. The number of amides is 2. The van der Waals surface area contributed by atoms with Gasteiger partial charge in [-0.25, -0.2) is 0 Å². The SMILES string of the molecule is CC(=O)N1CC2(CC(Nc3cncc(N4C(=O)c5ccc(Cl)cc5C4(C)C)c3)C2)C1. The molecule has 1 aliphatic carbocycles. The molecule has 30 heavy (non-hydrogen) atoms. The fourth-order valence-electron chi connectivity index (χ4n) is 5.34. The summed E-state index contributed by atoms with van der Waals surface area (Å²) in [5.74, 6) is 0.126. The average molecular weight is 425 g/mol. The van der Waals surface area contributed by atoms with Crippen molar-refractivity contribution in [2.45, 2.75) is 45.2 Å². The molecule has 156 valence electrons. The molecule has 2 fully saturated rings. The monoisotopic (exact) mass is 424 g/mol. The Balaban J connectivity index is 1.32. The molecule has 1 N–H and O–H groups in total. The van der Waals surface area contributed by atoms with Gasteiger partial charge in [-0.05, 0) is 56.5 Å². The van der Waals surface area contributed by atoms with Gasteiger partial charge in [-0.2, -0.15) is 0 Å². The molecule has 2 aliphatic heterocycles. The van der Waals surface area contributed by atoms with Crippen LogP contribution in [0.3, 0.4) is 0 Å². The van der Waals surface area contributed by atoms with E-state index in [0.717, 1.165) is 42.9 Å². The lowest BCUT2D eigenvalue weighted by Gasteiger charge is -2.59. The Kier molecular flexibility index (Phi) is 4.16. The van der Waals surface area contributed by atoms with Gasteiger partial charge in [0.15, 0.2) is 0 Å². The molecule has 0 bridgehead atoms. The molecular formula is C23H25ClN4O2. The van der Waals surface area contributed by atoms with E-state index in [4.69, 9.17) is 11.6 Å². The first kappa shape index (κ1) is 19.4. The van der Waals surface area contributed by atoms with E-state index in [9.17, 15) is 9.59 Å². The molecule has 1 aromatic carbocycles. The van der Waals surface area contributed by atoms with Gasteiger partial charge in [0, 0.05) is 42.1 Å². The van der Waals surface area contributed by atoms with Crippen molar-refractivity contribution in [2.24, 2.45) is 5.41 Å². The normalized spacial score (nSPS) is 21.3. The molecule has 3 heterocycles. The van der Waals surface area contributed by atoms with E-state index in [1.807, 2.05) is 30.9 Å². The molecule has 2 amide bonds. The predicted molar refractivity (Wildman–Crippen MR) is 117 cm³/mol. The van der Waals surface area contributed by atoms with Crippen LogP contribution in [0.4, 0.5) is 11.4 Å². The fraction of sp³-hybridized carbons (Fsp3) is 0.435. The number of carbonyl (C=O) groups excluding carboxylic acids is 2. The number of nitrogens with one attached hydrogen (secondary N) is 1. The van der Waals surface area contributed by atoms with E-state index in [1.54, 1.807) is 36.4 Å². The highest BCUT2D eigenvalue weighted by atomic mass is 35.5. The Labute approximate surface area is 181 Å². The molecule has 0 unspecified atom stereocenters. The minimum atomic E-state index is -0.514. The van der Waals surface area contributed by atoms with Gasteiger partial charge in [-0.1, -0.05) is 11.6 Å². The number of anilines is 2. The van der Waals surface area contributed by atoms with E-state index in [1.165, 1.54) is 0 Å². The number of hydrogen-bond donors (Lipinski definition) is 1. The number of carbonyl (C=O) groups is 2. The zero-order valence-electron chi connectivity index (χ0n) is 17.4. The molecule has 1 saturated heterocycles. The second-order valence-electron chi connectivity index (χ2n) is 9.45. The third-order valence-corrected chi connectivity index (χ3v) is 7.08. The van der Waals surface area contributed by atoms with Crippen molar-refractivity contribution in [1.82, 2.24) is 9.88 Å². The third-order valence-electron chi connectivity index (χ3n) is 6.84. The van der Waals surface area contributed by atoms with Gasteiger partial charge in [-0.3, -0.25) is 19.5 Å². The molecule has 2 aromatic rings. The largest absolute Gasteiger partial charge is 0.381 e. The summed E-state index contributed by atoms with van der Waals surface area (Å²) in [7, 11) is 0. The topological polar surface area (TPSA) is 65.5 Å². The van der Waals surface area contributed by atoms with Gasteiger partial charge < -0.3 is 10.2 Å². The highest BCUT2D eigenvalue weighted by Gasteiger charge is 2.53. The highest BCUT2D eigenvalue weighted by molar-refractivity contribution is 6.31. The first-order chi connectivity index (χ1) is 14.2. The van der Waals surface area contributed by atoms with Gasteiger partial charge in [0.2, 0.25) is 5.91 Å². The zero-order chi connectivity index (χ0) is 21.3. The molecule has 1 spiro atoms. The maximum absolute atomic E-state index is 13.1. The number of fused-ring (bicyclic) bond motifs is 1. The number of hydrogen-bond acceptors (Lipinski definition) is 4. The number of nitrogens with zero attached hydrogens (tertiary/aromatic N) is 3. The van der Waals surface area contributed by atoms with Crippen LogP contribution in [0.15, 0.2) is 36.7 Å². The van der Waals surface area contributed by atoms with Crippen molar-refractivity contribution in [2.75, 3.05) is 23.3 Å². The van der Waals surface area contributed by atoms with Crippen molar-refractivity contribution in [3.8, 4) is 0 Å². The van der Waals surface area contributed by atoms with Crippen LogP contribution in [0.5, 0.6) is 0 Å². The van der Waals surface area contributed by atoms with Gasteiger partial charge >= 0.3 is 0 Å². The van der Waals surface area contributed by atoms with Crippen LogP contribution < -0.4 is 10.2 Å². The lowest BCUT2D eigenvalue weighted by molar-refractivity contribution is -0.147. The number of benzene rings is 1. The molecule has 6 nitrogen and oxygen atoms in total. The summed E-state index contributed by atoms with van der Waals surface area (Å²) < 4.78 is 0. The van der Waals surface area contributed by atoms with E-state index in [-0.39, 0.29) is 11.8 Å². The first-order valence-electron chi connectivity index (χ1n) is 10.3. The Morgan fingerprint density at radius 2 is 1.93 bits per heavy atom. The van der Waals surface area contributed by atoms with Crippen molar-refractivity contribution in [3.63, 3.8) is 0 Å². The number of aromatic nitrogens is 1. The lowest BCUT2D eigenvalue weighted by atomic mass is 9.60. The number of likely N-dealkylation sites (tertiary alicyclic amines) is 1. The number of rotatable bonds is 3. The summed E-state index contributed by atoms with van der Waals surface area (Å²) in [6, 6.07) is 7.80. The van der Waals surface area contributed by atoms with Crippen LogP contribution in [0, 0.1) is 5.41 Å². The molecule has 3 aliphatic rings. The minimum absolute atomic E-state index is 0.0352. The predicted octanol–water partition coefficient (Wildman–Crippen LogP) is 4.05. The molecular weight excluding hydrogens is 400 g/mol. The second kappa shape index (κ2) is 6.45. The van der Waals surface area contributed by atoms with Gasteiger partial charge in [0.25, 0.3) is 5.91 Å². The Morgan fingerprint density at radius 3 is 2.63 bits per heavy atom. The average Bonchev–Trinajstić information content (AvgIpc) is 2.81. The number of halogens is 1. The van der Waals surface area contributed by atoms with Crippen LogP contribution in [0.25, 0.3) is 0 Å². The summed E-state index contributed by atoms with van der Waals surface area (Å²) in [6.45, 7) is 7.43. The zero-order valence-corrected chi connectivity index (χ0v) is 18.2.